The van der Waals surface area contributed by atoms with Crippen molar-refractivity contribution in [2.45, 2.75) is 13.8 Å². The standard InChI is InChI=1S/C21H26N4O2/c1-15-4-9-19(16(2)14-15)23-21(27)20(26)22-17-5-7-18(8-6-17)25-12-10-24(3)11-13-25/h4-9,14H,10-13H2,1-3H3,(H,22,26)(H,23,27). The van der Waals surface area contributed by atoms with E-state index >= 15 is 0 Å². The summed E-state index contributed by atoms with van der Waals surface area (Å²) in [5.74, 6) is -1.35. The van der Waals surface area contributed by atoms with E-state index in [4.69, 9.17) is 0 Å². The van der Waals surface area contributed by atoms with Gasteiger partial charge in [-0.05, 0) is 56.8 Å². The summed E-state index contributed by atoms with van der Waals surface area (Å²) in [6, 6.07) is 13.3. The number of aryl methyl sites for hydroxylation is 2. The minimum absolute atomic E-state index is 0.605. The number of carbonyl (C=O) groups is 2. The quantitative estimate of drug-likeness (QED) is 0.820. The van der Waals surface area contributed by atoms with Crippen molar-refractivity contribution in [2.24, 2.45) is 0 Å². The molecule has 0 atom stereocenters. The lowest BCUT2D eigenvalue weighted by Gasteiger charge is -2.34. The number of nitrogens with zero attached hydrogens (tertiary/aromatic N) is 2. The van der Waals surface area contributed by atoms with E-state index in [1.807, 2.05) is 50.2 Å². The average molecular weight is 366 g/mol. The Morgan fingerprint density at radius 1 is 0.852 bits per heavy atom. The summed E-state index contributed by atoms with van der Waals surface area (Å²) in [5.41, 5.74) is 4.41. The van der Waals surface area contributed by atoms with E-state index in [2.05, 4.69) is 27.5 Å². The normalized spacial score (nSPS) is 14.7. The van der Waals surface area contributed by atoms with E-state index < -0.39 is 11.8 Å². The van der Waals surface area contributed by atoms with Crippen molar-refractivity contribution < 1.29 is 9.59 Å². The molecule has 1 fully saturated rings. The first kappa shape index (κ1) is 18.9. The largest absolute Gasteiger partial charge is 0.369 e. The van der Waals surface area contributed by atoms with Gasteiger partial charge in [-0.3, -0.25) is 9.59 Å². The highest BCUT2D eigenvalue weighted by Crippen LogP contribution is 2.20. The minimum atomic E-state index is -0.678. The first-order valence-electron chi connectivity index (χ1n) is 9.15. The Hall–Kier alpha value is -2.86. The number of rotatable bonds is 3. The number of hydrogen-bond donors (Lipinski definition) is 2. The van der Waals surface area contributed by atoms with Crippen LogP contribution in [-0.4, -0.2) is 49.9 Å². The van der Waals surface area contributed by atoms with Crippen LogP contribution in [0.1, 0.15) is 11.1 Å². The first-order valence-corrected chi connectivity index (χ1v) is 9.15. The second-order valence-electron chi connectivity index (χ2n) is 7.06. The molecule has 142 valence electrons. The van der Waals surface area contributed by atoms with Crippen LogP contribution in [0.4, 0.5) is 17.1 Å². The van der Waals surface area contributed by atoms with Crippen LogP contribution in [0.2, 0.25) is 0 Å². The molecule has 2 aromatic carbocycles. The number of benzene rings is 2. The van der Waals surface area contributed by atoms with Crippen LogP contribution in [-0.2, 0) is 9.59 Å². The summed E-state index contributed by atoms with van der Waals surface area (Å²) in [7, 11) is 2.12. The molecule has 1 heterocycles. The van der Waals surface area contributed by atoms with Crippen LogP contribution in [0.5, 0.6) is 0 Å². The molecule has 6 heteroatoms. The van der Waals surface area contributed by atoms with Gasteiger partial charge in [0, 0.05) is 43.2 Å². The fourth-order valence-electron chi connectivity index (χ4n) is 3.14. The van der Waals surface area contributed by atoms with Crippen LogP contribution in [0.25, 0.3) is 0 Å². The predicted octanol–water partition coefficient (Wildman–Crippen LogP) is 2.63. The summed E-state index contributed by atoms with van der Waals surface area (Å²) < 4.78 is 0. The van der Waals surface area contributed by atoms with E-state index in [0.29, 0.717) is 11.4 Å². The molecule has 3 rings (SSSR count). The molecule has 1 aliphatic heterocycles. The van der Waals surface area contributed by atoms with Crippen molar-refractivity contribution in [3.05, 3.63) is 53.6 Å². The first-order chi connectivity index (χ1) is 12.9. The molecule has 6 nitrogen and oxygen atoms in total. The summed E-state index contributed by atoms with van der Waals surface area (Å²) >= 11 is 0. The molecule has 0 unspecified atom stereocenters. The molecule has 0 radical (unpaired) electrons. The number of anilines is 3. The maximum absolute atomic E-state index is 12.2. The van der Waals surface area contributed by atoms with Gasteiger partial charge in [0.25, 0.3) is 0 Å². The lowest BCUT2D eigenvalue weighted by molar-refractivity contribution is -0.133. The van der Waals surface area contributed by atoms with Crippen molar-refractivity contribution in [1.82, 2.24) is 4.90 Å². The zero-order valence-corrected chi connectivity index (χ0v) is 16.1. The van der Waals surface area contributed by atoms with Gasteiger partial charge in [0.1, 0.15) is 0 Å². The van der Waals surface area contributed by atoms with Crippen LogP contribution >= 0.6 is 0 Å². The summed E-state index contributed by atoms with van der Waals surface area (Å²) in [4.78, 5) is 29.0. The van der Waals surface area contributed by atoms with Crippen LogP contribution in [0, 0.1) is 13.8 Å². The fourth-order valence-corrected chi connectivity index (χ4v) is 3.14. The molecule has 2 N–H and O–H groups in total. The van der Waals surface area contributed by atoms with Crippen LogP contribution in [0.15, 0.2) is 42.5 Å². The maximum Gasteiger partial charge on any atom is 0.314 e. The van der Waals surface area contributed by atoms with E-state index in [-0.39, 0.29) is 0 Å². The number of likely N-dealkylation sites (N-methyl/N-ethyl adjacent to an activating group) is 1. The number of nitrogens with one attached hydrogen (secondary N) is 2. The molecule has 2 aromatic rings. The molecule has 0 saturated carbocycles. The lowest BCUT2D eigenvalue weighted by Crippen LogP contribution is -2.44. The second kappa shape index (κ2) is 8.22. The number of hydrogen-bond acceptors (Lipinski definition) is 4. The maximum atomic E-state index is 12.2. The van der Waals surface area contributed by atoms with E-state index in [9.17, 15) is 9.59 Å². The zero-order chi connectivity index (χ0) is 19.4. The highest BCUT2D eigenvalue weighted by molar-refractivity contribution is 6.43. The molecule has 0 bridgehead atoms. The summed E-state index contributed by atoms with van der Waals surface area (Å²) in [5, 5.41) is 5.31. The molecule has 27 heavy (non-hydrogen) atoms. The molecule has 0 aliphatic carbocycles. The summed E-state index contributed by atoms with van der Waals surface area (Å²) in [6.07, 6.45) is 0. The van der Waals surface area contributed by atoms with Gasteiger partial charge in [-0.25, -0.2) is 0 Å². The topological polar surface area (TPSA) is 64.7 Å². The monoisotopic (exact) mass is 366 g/mol. The molecule has 0 spiro atoms. The van der Waals surface area contributed by atoms with Crippen LogP contribution in [0.3, 0.4) is 0 Å². The Morgan fingerprint density at radius 2 is 1.48 bits per heavy atom. The predicted molar refractivity (Wildman–Crippen MR) is 109 cm³/mol. The third-order valence-corrected chi connectivity index (χ3v) is 4.83. The molecular weight excluding hydrogens is 340 g/mol. The van der Waals surface area contributed by atoms with E-state index in [0.717, 1.165) is 43.0 Å². The number of amides is 2. The third-order valence-electron chi connectivity index (χ3n) is 4.83. The van der Waals surface area contributed by atoms with Gasteiger partial charge in [-0.2, -0.15) is 0 Å². The van der Waals surface area contributed by atoms with Gasteiger partial charge in [-0.15, -0.1) is 0 Å². The number of carbonyl (C=O) groups excluding carboxylic acids is 2. The second-order valence-corrected chi connectivity index (χ2v) is 7.06. The molecule has 1 saturated heterocycles. The van der Waals surface area contributed by atoms with Crippen molar-refractivity contribution in [2.75, 3.05) is 48.8 Å². The van der Waals surface area contributed by atoms with Crippen molar-refractivity contribution in [3.63, 3.8) is 0 Å². The van der Waals surface area contributed by atoms with Gasteiger partial charge in [0.15, 0.2) is 0 Å². The lowest BCUT2D eigenvalue weighted by atomic mass is 10.1. The number of piperazine rings is 1. The smallest absolute Gasteiger partial charge is 0.314 e. The van der Waals surface area contributed by atoms with Gasteiger partial charge in [0.05, 0.1) is 0 Å². The third kappa shape index (κ3) is 4.86. The molecule has 0 aromatic heterocycles. The summed E-state index contributed by atoms with van der Waals surface area (Å²) in [6.45, 7) is 7.93. The Morgan fingerprint density at radius 3 is 2.11 bits per heavy atom. The highest BCUT2D eigenvalue weighted by Gasteiger charge is 2.16. The molecule has 1 aliphatic rings. The van der Waals surface area contributed by atoms with Crippen molar-refractivity contribution >= 4 is 28.9 Å². The van der Waals surface area contributed by atoms with Gasteiger partial charge in [0.2, 0.25) is 0 Å². The molecule has 2 amide bonds. The van der Waals surface area contributed by atoms with Gasteiger partial charge < -0.3 is 20.4 Å². The zero-order valence-electron chi connectivity index (χ0n) is 16.1. The fraction of sp³-hybridized carbons (Fsp3) is 0.333. The van der Waals surface area contributed by atoms with E-state index in [1.165, 1.54) is 0 Å². The average Bonchev–Trinajstić information content (AvgIpc) is 2.65. The minimum Gasteiger partial charge on any atom is -0.369 e. The van der Waals surface area contributed by atoms with Gasteiger partial charge >= 0.3 is 11.8 Å². The Kier molecular flexibility index (Phi) is 5.76. The highest BCUT2D eigenvalue weighted by atomic mass is 16.2. The van der Waals surface area contributed by atoms with Gasteiger partial charge in [-0.1, -0.05) is 17.7 Å². The Balaban J connectivity index is 1.57. The Bertz CT molecular complexity index is 825. The van der Waals surface area contributed by atoms with E-state index in [1.54, 1.807) is 6.07 Å². The van der Waals surface area contributed by atoms with Crippen molar-refractivity contribution in [1.29, 1.82) is 0 Å². The van der Waals surface area contributed by atoms with Crippen molar-refractivity contribution in [3.8, 4) is 0 Å². The molecular formula is C21H26N4O2. The van der Waals surface area contributed by atoms with Crippen LogP contribution < -0.4 is 15.5 Å². The SMILES string of the molecule is Cc1ccc(NC(=O)C(=O)Nc2ccc(N3CCN(C)CC3)cc2)c(C)c1. The Labute approximate surface area is 160 Å².